The zero-order valence-electron chi connectivity index (χ0n) is 12.8. The molecule has 0 spiro atoms. The molecule has 1 heterocycles. The van der Waals surface area contributed by atoms with Crippen LogP contribution in [0.15, 0.2) is 47.4 Å². The lowest BCUT2D eigenvalue weighted by molar-refractivity contribution is -0.121. The van der Waals surface area contributed by atoms with Crippen molar-refractivity contribution >= 4 is 5.91 Å². The van der Waals surface area contributed by atoms with Gasteiger partial charge in [-0.2, -0.15) is 0 Å². The van der Waals surface area contributed by atoms with E-state index in [-0.39, 0.29) is 18.0 Å². The monoisotopic (exact) mass is 300 g/mol. The van der Waals surface area contributed by atoms with Gasteiger partial charge < -0.3 is 14.6 Å². The Morgan fingerprint density at radius 2 is 1.91 bits per heavy atom. The van der Waals surface area contributed by atoms with E-state index in [0.29, 0.717) is 18.4 Å². The SMILES string of the molecule is COc1ccccc1CCC(=O)NCc1cccn(C)c1=O. The van der Waals surface area contributed by atoms with Crippen molar-refractivity contribution < 1.29 is 9.53 Å². The number of benzene rings is 1. The molecule has 116 valence electrons. The first-order valence-corrected chi connectivity index (χ1v) is 7.15. The number of hydrogen-bond acceptors (Lipinski definition) is 3. The summed E-state index contributed by atoms with van der Waals surface area (Å²) in [6, 6.07) is 11.2. The lowest BCUT2D eigenvalue weighted by Crippen LogP contribution is -2.28. The summed E-state index contributed by atoms with van der Waals surface area (Å²) in [4.78, 5) is 23.8. The Kier molecular flexibility index (Phi) is 5.36. The second kappa shape index (κ2) is 7.45. The Bertz CT molecular complexity index is 707. The number of pyridine rings is 1. The van der Waals surface area contributed by atoms with Crippen LogP contribution in [0.3, 0.4) is 0 Å². The predicted molar refractivity (Wildman–Crippen MR) is 84.8 cm³/mol. The van der Waals surface area contributed by atoms with E-state index in [1.165, 1.54) is 4.57 Å². The molecule has 22 heavy (non-hydrogen) atoms. The summed E-state index contributed by atoms with van der Waals surface area (Å²) in [7, 11) is 3.30. The minimum Gasteiger partial charge on any atom is -0.496 e. The van der Waals surface area contributed by atoms with Crippen LogP contribution in [0.1, 0.15) is 17.5 Å². The number of ether oxygens (including phenoxy) is 1. The van der Waals surface area contributed by atoms with Crippen LogP contribution in [0.4, 0.5) is 0 Å². The molecule has 0 aliphatic carbocycles. The van der Waals surface area contributed by atoms with Crippen LogP contribution in [-0.4, -0.2) is 17.6 Å². The fourth-order valence-corrected chi connectivity index (χ4v) is 2.23. The number of aryl methyl sites for hydroxylation is 2. The Morgan fingerprint density at radius 3 is 2.68 bits per heavy atom. The van der Waals surface area contributed by atoms with Crippen LogP contribution in [0.5, 0.6) is 5.75 Å². The number of methoxy groups -OCH3 is 1. The van der Waals surface area contributed by atoms with E-state index in [0.717, 1.165) is 11.3 Å². The summed E-state index contributed by atoms with van der Waals surface area (Å²) in [6.07, 6.45) is 2.64. The minimum atomic E-state index is -0.0903. The van der Waals surface area contributed by atoms with Crippen LogP contribution < -0.4 is 15.6 Å². The molecule has 0 radical (unpaired) electrons. The highest BCUT2D eigenvalue weighted by molar-refractivity contribution is 5.76. The third kappa shape index (κ3) is 3.97. The van der Waals surface area contributed by atoms with Gasteiger partial charge in [-0.15, -0.1) is 0 Å². The number of rotatable bonds is 6. The van der Waals surface area contributed by atoms with Gasteiger partial charge in [0.1, 0.15) is 5.75 Å². The number of carbonyl (C=O) groups excluding carboxylic acids is 1. The largest absolute Gasteiger partial charge is 0.496 e. The molecule has 5 heteroatoms. The molecule has 0 fully saturated rings. The molecule has 1 amide bonds. The third-order valence-corrected chi connectivity index (χ3v) is 3.49. The summed E-state index contributed by atoms with van der Waals surface area (Å²) >= 11 is 0. The molecule has 5 nitrogen and oxygen atoms in total. The van der Waals surface area contributed by atoms with E-state index in [1.807, 2.05) is 24.3 Å². The zero-order valence-corrected chi connectivity index (χ0v) is 12.8. The Morgan fingerprint density at radius 1 is 1.18 bits per heavy atom. The number of carbonyl (C=O) groups is 1. The quantitative estimate of drug-likeness (QED) is 0.882. The highest BCUT2D eigenvalue weighted by atomic mass is 16.5. The number of hydrogen-bond donors (Lipinski definition) is 1. The summed E-state index contributed by atoms with van der Waals surface area (Å²) in [5.41, 5.74) is 1.49. The maximum absolute atomic E-state index is 11.9. The van der Waals surface area contributed by atoms with Crippen molar-refractivity contribution in [2.45, 2.75) is 19.4 Å². The smallest absolute Gasteiger partial charge is 0.255 e. The van der Waals surface area contributed by atoms with Gasteiger partial charge >= 0.3 is 0 Å². The van der Waals surface area contributed by atoms with Crippen molar-refractivity contribution in [2.75, 3.05) is 7.11 Å². The molecule has 0 saturated heterocycles. The standard InChI is InChI=1S/C17H20N2O3/c1-19-11-5-7-14(17(19)21)12-18-16(20)10-9-13-6-3-4-8-15(13)22-2/h3-8,11H,9-10,12H2,1-2H3,(H,18,20). The summed E-state index contributed by atoms with van der Waals surface area (Å²) in [5, 5.41) is 2.78. The van der Waals surface area contributed by atoms with Crippen molar-refractivity contribution in [3.8, 4) is 5.75 Å². The summed E-state index contributed by atoms with van der Waals surface area (Å²) in [5.74, 6) is 0.698. The number of aromatic nitrogens is 1. The summed E-state index contributed by atoms with van der Waals surface area (Å²) in [6.45, 7) is 0.248. The van der Waals surface area contributed by atoms with Gasteiger partial charge in [-0.05, 0) is 24.1 Å². The van der Waals surface area contributed by atoms with Crippen molar-refractivity contribution in [3.63, 3.8) is 0 Å². The molecule has 0 unspecified atom stereocenters. The fourth-order valence-electron chi connectivity index (χ4n) is 2.23. The molecule has 0 bridgehead atoms. The number of nitrogens with one attached hydrogen (secondary N) is 1. The van der Waals surface area contributed by atoms with E-state index in [9.17, 15) is 9.59 Å². The van der Waals surface area contributed by atoms with Crippen molar-refractivity contribution in [1.29, 1.82) is 0 Å². The Labute approximate surface area is 129 Å². The molecule has 1 aromatic carbocycles. The van der Waals surface area contributed by atoms with Crippen molar-refractivity contribution in [2.24, 2.45) is 7.05 Å². The first-order valence-electron chi connectivity index (χ1n) is 7.15. The molecule has 2 aromatic rings. The van der Waals surface area contributed by atoms with Crippen molar-refractivity contribution in [1.82, 2.24) is 9.88 Å². The van der Waals surface area contributed by atoms with Crippen molar-refractivity contribution in [3.05, 3.63) is 64.1 Å². The first-order chi connectivity index (χ1) is 10.6. The molecule has 0 aliphatic rings. The highest BCUT2D eigenvalue weighted by Crippen LogP contribution is 2.18. The van der Waals surface area contributed by atoms with Gasteiger partial charge in [-0.25, -0.2) is 0 Å². The molecule has 1 aromatic heterocycles. The first kappa shape index (κ1) is 15.8. The zero-order chi connectivity index (χ0) is 15.9. The predicted octanol–water partition coefficient (Wildman–Crippen LogP) is 1.64. The molecule has 0 aliphatic heterocycles. The lowest BCUT2D eigenvalue weighted by Gasteiger charge is -2.09. The second-order valence-electron chi connectivity index (χ2n) is 5.04. The lowest BCUT2D eigenvalue weighted by atomic mass is 10.1. The van der Waals surface area contributed by atoms with E-state index in [4.69, 9.17) is 4.74 Å². The van der Waals surface area contributed by atoms with E-state index < -0.39 is 0 Å². The number of amides is 1. The van der Waals surface area contributed by atoms with E-state index in [1.54, 1.807) is 32.5 Å². The average Bonchev–Trinajstić information content (AvgIpc) is 2.54. The Hall–Kier alpha value is -2.56. The van der Waals surface area contributed by atoms with Gasteiger partial charge in [0.25, 0.3) is 5.56 Å². The normalized spacial score (nSPS) is 10.3. The maximum Gasteiger partial charge on any atom is 0.255 e. The van der Waals surface area contributed by atoms with Gasteiger partial charge in [-0.3, -0.25) is 9.59 Å². The average molecular weight is 300 g/mol. The van der Waals surface area contributed by atoms with Crippen LogP contribution in [0.2, 0.25) is 0 Å². The van der Waals surface area contributed by atoms with Crippen LogP contribution >= 0.6 is 0 Å². The van der Waals surface area contributed by atoms with Gasteiger partial charge in [-0.1, -0.05) is 24.3 Å². The van der Waals surface area contributed by atoms with Gasteiger partial charge in [0, 0.05) is 31.8 Å². The van der Waals surface area contributed by atoms with Gasteiger partial charge in [0.2, 0.25) is 5.91 Å². The van der Waals surface area contributed by atoms with Crippen LogP contribution in [0, 0.1) is 0 Å². The van der Waals surface area contributed by atoms with E-state index >= 15 is 0 Å². The summed E-state index contributed by atoms with van der Waals surface area (Å²) < 4.78 is 6.76. The molecule has 0 saturated carbocycles. The fraction of sp³-hybridized carbons (Fsp3) is 0.294. The molecule has 1 N–H and O–H groups in total. The highest BCUT2D eigenvalue weighted by Gasteiger charge is 2.07. The number of nitrogens with zero attached hydrogens (tertiary/aromatic N) is 1. The topological polar surface area (TPSA) is 60.3 Å². The molecule has 0 atom stereocenters. The van der Waals surface area contributed by atoms with E-state index in [2.05, 4.69) is 5.32 Å². The number of para-hydroxylation sites is 1. The minimum absolute atomic E-state index is 0.0863. The molecular formula is C17H20N2O3. The van der Waals surface area contributed by atoms with Gasteiger partial charge in [0.15, 0.2) is 0 Å². The maximum atomic E-state index is 11.9. The second-order valence-corrected chi connectivity index (χ2v) is 5.04. The van der Waals surface area contributed by atoms with Gasteiger partial charge in [0.05, 0.1) is 7.11 Å². The van der Waals surface area contributed by atoms with Crippen LogP contribution in [0.25, 0.3) is 0 Å². The van der Waals surface area contributed by atoms with Crippen LogP contribution in [-0.2, 0) is 24.8 Å². The Balaban J connectivity index is 1.88. The molecular weight excluding hydrogens is 280 g/mol. The third-order valence-electron chi connectivity index (χ3n) is 3.49. The molecule has 2 rings (SSSR count).